The summed E-state index contributed by atoms with van der Waals surface area (Å²) >= 11 is 9.25. The van der Waals surface area contributed by atoms with Crippen molar-refractivity contribution in [1.29, 1.82) is 0 Å². The van der Waals surface area contributed by atoms with Crippen molar-refractivity contribution in [2.75, 3.05) is 7.11 Å². The molecule has 2 aromatic carbocycles. The highest BCUT2D eigenvalue weighted by Crippen LogP contribution is 2.37. The molecule has 3 nitrogen and oxygen atoms in total. The van der Waals surface area contributed by atoms with Crippen LogP contribution in [0.25, 0.3) is 22.0 Å². The first-order valence-corrected chi connectivity index (χ1v) is 7.23. The summed E-state index contributed by atoms with van der Waals surface area (Å²) in [6.45, 7) is 0. The minimum atomic E-state index is -0.401. The summed E-state index contributed by atoms with van der Waals surface area (Å²) in [5.74, 6) is -0.0145. The minimum Gasteiger partial charge on any atom is -0.496 e. The van der Waals surface area contributed by atoms with E-state index in [0.29, 0.717) is 26.6 Å². The van der Waals surface area contributed by atoms with Crippen molar-refractivity contribution < 1.29 is 9.13 Å². The fourth-order valence-corrected chi connectivity index (χ4v) is 2.70. The standard InChI is InChI=1S/C15H9BrClFN2O/c1-21-13-7-12(18)11(16)6-10(13)14-8-4-2-3-5-9(8)15(17)20-19-14/h2-7H,1H3. The minimum absolute atomic E-state index is 0.328. The molecule has 0 atom stereocenters. The van der Waals surface area contributed by atoms with Crippen molar-refractivity contribution in [3.63, 3.8) is 0 Å². The van der Waals surface area contributed by atoms with Gasteiger partial charge in [0.2, 0.25) is 0 Å². The van der Waals surface area contributed by atoms with Gasteiger partial charge in [-0.2, -0.15) is 0 Å². The van der Waals surface area contributed by atoms with Gasteiger partial charge in [-0.05, 0) is 22.0 Å². The molecule has 0 saturated carbocycles. The Morgan fingerprint density at radius 1 is 1.14 bits per heavy atom. The van der Waals surface area contributed by atoms with Gasteiger partial charge in [0.15, 0.2) is 5.15 Å². The molecule has 0 radical (unpaired) electrons. The zero-order chi connectivity index (χ0) is 15.0. The number of ether oxygens (including phenoxy) is 1. The Balaban J connectivity index is 2.36. The second kappa shape index (κ2) is 5.58. The lowest BCUT2D eigenvalue weighted by Crippen LogP contribution is -1.96. The summed E-state index contributed by atoms with van der Waals surface area (Å²) < 4.78 is 19.2. The van der Waals surface area contributed by atoms with Crippen LogP contribution < -0.4 is 4.74 Å². The molecule has 0 aliphatic heterocycles. The molecule has 3 rings (SSSR count). The van der Waals surface area contributed by atoms with Gasteiger partial charge in [-0.25, -0.2) is 4.39 Å². The Morgan fingerprint density at radius 3 is 2.57 bits per heavy atom. The molecule has 0 aliphatic carbocycles. The zero-order valence-electron chi connectivity index (χ0n) is 10.9. The van der Waals surface area contributed by atoms with Gasteiger partial charge in [0.05, 0.1) is 11.6 Å². The maximum absolute atomic E-state index is 13.7. The lowest BCUT2D eigenvalue weighted by molar-refractivity contribution is 0.412. The molecule has 3 aromatic rings. The van der Waals surface area contributed by atoms with Crippen LogP contribution in [0, 0.1) is 5.82 Å². The average molecular weight is 368 g/mol. The number of methoxy groups -OCH3 is 1. The van der Waals surface area contributed by atoms with Gasteiger partial charge in [0.1, 0.15) is 17.3 Å². The van der Waals surface area contributed by atoms with E-state index in [1.165, 1.54) is 13.2 Å². The Morgan fingerprint density at radius 2 is 1.86 bits per heavy atom. The number of aromatic nitrogens is 2. The molecule has 21 heavy (non-hydrogen) atoms. The van der Waals surface area contributed by atoms with E-state index < -0.39 is 5.82 Å². The Kier molecular flexibility index (Phi) is 3.78. The van der Waals surface area contributed by atoms with Gasteiger partial charge >= 0.3 is 0 Å². The first-order chi connectivity index (χ1) is 10.1. The van der Waals surface area contributed by atoms with Crippen LogP contribution in [0.5, 0.6) is 5.75 Å². The predicted molar refractivity (Wildman–Crippen MR) is 84.2 cm³/mol. The van der Waals surface area contributed by atoms with Gasteiger partial charge in [-0.3, -0.25) is 0 Å². The Bertz CT molecular complexity index is 841. The molecule has 0 saturated heterocycles. The molecule has 0 fully saturated rings. The topological polar surface area (TPSA) is 35.0 Å². The van der Waals surface area contributed by atoms with Gasteiger partial charge in [0, 0.05) is 22.4 Å². The Labute approximate surface area is 133 Å². The second-order valence-electron chi connectivity index (χ2n) is 4.35. The van der Waals surface area contributed by atoms with E-state index in [2.05, 4.69) is 26.1 Å². The van der Waals surface area contributed by atoms with Crippen LogP contribution in [0.3, 0.4) is 0 Å². The van der Waals surface area contributed by atoms with Gasteiger partial charge in [-0.15, -0.1) is 10.2 Å². The van der Waals surface area contributed by atoms with Gasteiger partial charge in [0.25, 0.3) is 0 Å². The van der Waals surface area contributed by atoms with Crippen molar-refractivity contribution in [2.45, 2.75) is 0 Å². The third-order valence-electron chi connectivity index (χ3n) is 3.14. The number of halogens is 3. The SMILES string of the molecule is COc1cc(F)c(Br)cc1-c1nnc(Cl)c2ccccc12. The van der Waals surface area contributed by atoms with E-state index in [1.54, 1.807) is 6.07 Å². The maximum atomic E-state index is 13.7. The van der Waals surface area contributed by atoms with Crippen molar-refractivity contribution >= 4 is 38.3 Å². The predicted octanol–water partition coefficient (Wildman–Crippen LogP) is 4.86. The third-order valence-corrected chi connectivity index (χ3v) is 4.03. The largest absolute Gasteiger partial charge is 0.496 e. The lowest BCUT2D eigenvalue weighted by Gasteiger charge is -2.11. The fraction of sp³-hybridized carbons (Fsp3) is 0.0667. The smallest absolute Gasteiger partial charge is 0.159 e. The molecule has 6 heteroatoms. The van der Waals surface area contributed by atoms with E-state index >= 15 is 0 Å². The number of hydrogen-bond donors (Lipinski definition) is 0. The number of rotatable bonds is 2. The molecule has 0 N–H and O–H groups in total. The highest BCUT2D eigenvalue weighted by atomic mass is 79.9. The van der Waals surface area contributed by atoms with Crippen molar-refractivity contribution in [2.24, 2.45) is 0 Å². The summed E-state index contributed by atoms with van der Waals surface area (Å²) in [6.07, 6.45) is 0. The number of nitrogens with zero attached hydrogens (tertiary/aromatic N) is 2. The molecule has 0 amide bonds. The van der Waals surface area contributed by atoms with Gasteiger partial charge < -0.3 is 4.74 Å². The summed E-state index contributed by atoms with van der Waals surface area (Å²) in [5, 5.41) is 10.1. The van der Waals surface area contributed by atoms with Crippen molar-refractivity contribution in [1.82, 2.24) is 10.2 Å². The number of fused-ring (bicyclic) bond motifs is 1. The third kappa shape index (κ3) is 2.47. The second-order valence-corrected chi connectivity index (χ2v) is 5.56. The number of hydrogen-bond acceptors (Lipinski definition) is 3. The van der Waals surface area contributed by atoms with E-state index in [9.17, 15) is 4.39 Å². The number of benzene rings is 2. The van der Waals surface area contributed by atoms with Crippen LogP contribution in [-0.4, -0.2) is 17.3 Å². The molecule has 1 heterocycles. The summed E-state index contributed by atoms with van der Waals surface area (Å²) in [5.41, 5.74) is 1.23. The fourth-order valence-electron chi connectivity index (χ4n) is 2.15. The van der Waals surface area contributed by atoms with E-state index in [0.717, 1.165) is 10.8 Å². The molecule has 0 bridgehead atoms. The highest BCUT2D eigenvalue weighted by molar-refractivity contribution is 9.10. The van der Waals surface area contributed by atoms with Crippen LogP contribution >= 0.6 is 27.5 Å². The molecule has 1 aromatic heterocycles. The molecule has 0 aliphatic rings. The van der Waals surface area contributed by atoms with E-state index in [1.807, 2.05) is 24.3 Å². The van der Waals surface area contributed by atoms with Crippen LogP contribution in [-0.2, 0) is 0 Å². The molecule has 0 spiro atoms. The molecular formula is C15H9BrClFN2O. The molecular weight excluding hydrogens is 359 g/mol. The summed E-state index contributed by atoms with van der Waals surface area (Å²) in [6, 6.07) is 10.4. The van der Waals surface area contributed by atoms with Crippen LogP contribution in [0.15, 0.2) is 40.9 Å². The Hall–Kier alpha value is -1.72. The van der Waals surface area contributed by atoms with Crippen LogP contribution in [0.4, 0.5) is 4.39 Å². The summed E-state index contributed by atoms with van der Waals surface area (Å²) in [7, 11) is 1.48. The van der Waals surface area contributed by atoms with Crippen LogP contribution in [0.2, 0.25) is 5.15 Å². The lowest BCUT2D eigenvalue weighted by atomic mass is 10.0. The van der Waals surface area contributed by atoms with E-state index in [4.69, 9.17) is 16.3 Å². The van der Waals surface area contributed by atoms with Crippen LogP contribution in [0.1, 0.15) is 0 Å². The quantitative estimate of drug-likeness (QED) is 0.649. The molecule has 106 valence electrons. The van der Waals surface area contributed by atoms with Crippen molar-refractivity contribution in [3.8, 4) is 17.0 Å². The van der Waals surface area contributed by atoms with Crippen molar-refractivity contribution in [3.05, 3.63) is 51.8 Å². The normalized spacial score (nSPS) is 10.9. The monoisotopic (exact) mass is 366 g/mol. The highest BCUT2D eigenvalue weighted by Gasteiger charge is 2.16. The maximum Gasteiger partial charge on any atom is 0.159 e. The molecule has 0 unspecified atom stereocenters. The zero-order valence-corrected chi connectivity index (χ0v) is 13.2. The van der Waals surface area contributed by atoms with Gasteiger partial charge in [-0.1, -0.05) is 35.9 Å². The van der Waals surface area contributed by atoms with E-state index in [-0.39, 0.29) is 0 Å². The first-order valence-electron chi connectivity index (χ1n) is 6.06. The summed E-state index contributed by atoms with van der Waals surface area (Å²) in [4.78, 5) is 0. The first kappa shape index (κ1) is 14.2. The average Bonchev–Trinajstić information content (AvgIpc) is 2.50.